The summed E-state index contributed by atoms with van der Waals surface area (Å²) in [5.74, 6) is -0.0468. The number of nitrogens with zero attached hydrogens (tertiary/aromatic N) is 3. The number of nitro groups is 1. The van der Waals surface area contributed by atoms with Crippen LogP contribution in [0.3, 0.4) is 0 Å². The van der Waals surface area contributed by atoms with E-state index in [2.05, 4.69) is 0 Å². The number of para-hydroxylation sites is 1. The van der Waals surface area contributed by atoms with Gasteiger partial charge in [0.05, 0.1) is 16.2 Å². The van der Waals surface area contributed by atoms with E-state index in [1.54, 1.807) is 48.5 Å². The lowest BCUT2D eigenvalue weighted by Gasteiger charge is -2.45. The van der Waals surface area contributed by atoms with Crippen LogP contribution in [0, 0.1) is 10.1 Å². The fourth-order valence-electron chi connectivity index (χ4n) is 6.13. The maximum absolute atomic E-state index is 14.8. The Morgan fingerprint density at radius 2 is 1.67 bits per heavy atom. The number of benzene rings is 3. The second-order valence-electron chi connectivity index (χ2n) is 11.2. The largest absolute Gasteiger partial charge is 0.485 e. The van der Waals surface area contributed by atoms with Gasteiger partial charge in [-0.25, -0.2) is 8.42 Å². The molecule has 2 aliphatic rings. The van der Waals surface area contributed by atoms with Gasteiger partial charge >= 0.3 is 6.18 Å². The maximum atomic E-state index is 14.8. The van der Waals surface area contributed by atoms with Gasteiger partial charge in [0, 0.05) is 68.3 Å². The number of non-ortho nitro benzene ring substituents is 1. The molecule has 2 aliphatic heterocycles. The predicted octanol–water partition coefficient (Wildman–Crippen LogP) is 5.05. The summed E-state index contributed by atoms with van der Waals surface area (Å²) >= 11 is 0. The molecule has 0 aliphatic carbocycles. The summed E-state index contributed by atoms with van der Waals surface area (Å²) in [5.41, 5.74) is -4.14. The minimum absolute atomic E-state index is 0.0492. The summed E-state index contributed by atoms with van der Waals surface area (Å²) in [6.45, 7) is -0.558. The number of nitro benzene ring substituents is 1. The van der Waals surface area contributed by atoms with E-state index in [-0.39, 0.29) is 65.5 Å². The van der Waals surface area contributed by atoms with Crippen LogP contribution in [0.1, 0.15) is 24.0 Å². The lowest BCUT2D eigenvalue weighted by molar-refractivity contribution is -0.384. The first kappa shape index (κ1) is 29.1. The van der Waals surface area contributed by atoms with E-state index in [0.717, 1.165) is 11.6 Å². The fraction of sp³-hybridized carbons (Fsp3) is 0.333. The Morgan fingerprint density at radius 3 is 2.35 bits per heavy atom. The number of hydrogen-bond donors (Lipinski definition) is 1. The molecule has 3 aromatic carbocycles. The zero-order valence-electron chi connectivity index (χ0n) is 22.8. The van der Waals surface area contributed by atoms with E-state index in [9.17, 15) is 36.8 Å². The summed E-state index contributed by atoms with van der Waals surface area (Å²) in [6.07, 6.45) is -3.58. The second kappa shape index (κ2) is 10.4. The van der Waals surface area contributed by atoms with Crippen LogP contribution in [0.25, 0.3) is 10.9 Å². The van der Waals surface area contributed by atoms with Crippen LogP contribution >= 0.6 is 0 Å². The Kier molecular flexibility index (Phi) is 7.02. The van der Waals surface area contributed by atoms with E-state index >= 15 is 0 Å². The molecule has 1 aromatic heterocycles. The molecular formula is C30H28F3N3O6S. The molecule has 9 nitrogen and oxygen atoms in total. The number of alkyl halides is 3. The topological polar surface area (TPSA) is 115 Å². The van der Waals surface area contributed by atoms with Crippen molar-refractivity contribution < 1.29 is 36.4 Å². The van der Waals surface area contributed by atoms with Gasteiger partial charge < -0.3 is 14.4 Å². The molecule has 1 N–H and O–H groups in total. The SMILES string of the molecule is O=[N+]([O-])c1ccc2c(C(O)(CN3CCC4(CC3)CS(=O)(=O)c3ccccc3O4)C(F)(F)F)cn(Cc3ccccc3)c2c1. The first-order valence-corrected chi connectivity index (χ1v) is 15.3. The number of aromatic nitrogens is 1. The molecule has 1 fully saturated rings. The van der Waals surface area contributed by atoms with Crippen LogP contribution in [0.2, 0.25) is 0 Å². The highest BCUT2D eigenvalue weighted by atomic mass is 32.2. The van der Waals surface area contributed by atoms with Crippen LogP contribution in [0.4, 0.5) is 18.9 Å². The lowest BCUT2D eigenvalue weighted by Crippen LogP contribution is -2.57. The van der Waals surface area contributed by atoms with Crippen molar-refractivity contribution in [2.45, 2.75) is 41.7 Å². The Labute approximate surface area is 245 Å². The molecular weight excluding hydrogens is 587 g/mol. The van der Waals surface area contributed by atoms with Crippen molar-refractivity contribution in [3.63, 3.8) is 0 Å². The summed E-state index contributed by atoms with van der Waals surface area (Å²) < 4.78 is 78.0. The van der Waals surface area contributed by atoms with Gasteiger partial charge in [-0.1, -0.05) is 42.5 Å². The molecule has 1 atom stereocenters. The van der Waals surface area contributed by atoms with Gasteiger partial charge in [-0.15, -0.1) is 0 Å². The highest BCUT2D eigenvalue weighted by molar-refractivity contribution is 7.91. The number of halogens is 3. The molecule has 0 bridgehead atoms. The van der Waals surface area contributed by atoms with Crippen LogP contribution < -0.4 is 4.74 Å². The molecule has 0 radical (unpaired) electrons. The molecule has 43 heavy (non-hydrogen) atoms. The van der Waals surface area contributed by atoms with Crippen molar-refractivity contribution in [3.8, 4) is 5.75 Å². The third kappa shape index (κ3) is 5.25. The van der Waals surface area contributed by atoms with Gasteiger partial charge in [0.25, 0.3) is 5.69 Å². The number of β-amino-alcohol motifs (C(OH)–C–C–N with tert-alkyl or cyclic N) is 1. The molecule has 3 heterocycles. The zero-order valence-corrected chi connectivity index (χ0v) is 23.6. The van der Waals surface area contributed by atoms with Crippen LogP contribution in [0.15, 0.2) is 83.9 Å². The van der Waals surface area contributed by atoms with Gasteiger partial charge in [-0.05, 0) is 23.8 Å². The Balaban J connectivity index is 1.32. The molecule has 0 saturated carbocycles. The Morgan fingerprint density at radius 1 is 1.00 bits per heavy atom. The summed E-state index contributed by atoms with van der Waals surface area (Å²) in [6, 6.07) is 18.8. The van der Waals surface area contributed by atoms with Gasteiger partial charge in [-0.2, -0.15) is 13.2 Å². The van der Waals surface area contributed by atoms with Crippen molar-refractivity contribution in [3.05, 3.63) is 100 Å². The van der Waals surface area contributed by atoms with Gasteiger partial charge in [0.1, 0.15) is 16.2 Å². The third-order valence-corrected chi connectivity index (χ3v) is 10.3. The van der Waals surface area contributed by atoms with Crippen molar-refractivity contribution in [1.82, 2.24) is 9.47 Å². The summed E-state index contributed by atoms with van der Waals surface area (Å²) in [7, 11) is -3.65. The Bertz CT molecular complexity index is 1800. The maximum Gasteiger partial charge on any atom is 0.422 e. The van der Waals surface area contributed by atoms with Gasteiger partial charge in [0.15, 0.2) is 9.84 Å². The lowest BCUT2D eigenvalue weighted by atomic mass is 9.88. The number of rotatable bonds is 6. The molecule has 1 unspecified atom stereocenters. The number of piperidine rings is 1. The number of aliphatic hydroxyl groups is 1. The average Bonchev–Trinajstić information content (AvgIpc) is 3.32. The predicted molar refractivity (Wildman–Crippen MR) is 152 cm³/mol. The van der Waals surface area contributed by atoms with E-state index in [0.29, 0.717) is 0 Å². The zero-order chi connectivity index (χ0) is 30.6. The molecule has 0 amide bonds. The van der Waals surface area contributed by atoms with Crippen molar-refractivity contribution in [2.75, 3.05) is 25.4 Å². The van der Waals surface area contributed by atoms with Crippen LogP contribution in [0.5, 0.6) is 5.75 Å². The van der Waals surface area contributed by atoms with E-state index in [4.69, 9.17) is 4.74 Å². The van der Waals surface area contributed by atoms with Gasteiger partial charge in [-0.3, -0.25) is 15.0 Å². The standard InChI is InChI=1S/C30H28F3N3O6S/c31-30(32,33)29(37,19-34-14-12-28(13-15-34)20-43(40,41)27-9-5-4-8-26(27)42-28)24-18-35(17-21-6-2-1-3-7-21)25-16-22(36(38)39)10-11-23(24)25/h1-11,16,18,37H,12-15,17,19-20H2. The summed E-state index contributed by atoms with van der Waals surface area (Å²) in [4.78, 5) is 12.4. The highest BCUT2D eigenvalue weighted by Crippen LogP contribution is 2.45. The van der Waals surface area contributed by atoms with Crippen molar-refractivity contribution in [1.29, 1.82) is 0 Å². The monoisotopic (exact) mass is 615 g/mol. The van der Waals surface area contributed by atoms with E-state index in [1.807, 2.05) is 0 Å². The average molecular weight is 616 g/mol. The number of hydrogen-bond acceptors (Lipinski definition) is 7. The normalized spacial score (nSPS) is 19.4. The van der Waals surface area contributed by atoms with Crippen LogP contribution in [-0.4, -0.2) is 65.1 Å². The molecule has 13 heteroatoms. The first-order chi connectivity index (χ1) is 20.3. The minimum Gasteiger partial charge on any atom is -0.485 e. The number of fused-ring (bicyclic) bond motifs is 2. The number of ether oxygens (including phenoxy) is 1. The third-order valence-electron chi connectivity index (χ3n) is 8.37. The minimum atomic E-state index is -5.10. The molecule has 1 spiro atoms. The van der Waals surface area contributed by atoms with Crippen molar-refractivity contribution >= 4 is 26.4 Å². The van der Waals surface area contributed by atoms with Crippen molar-refractivity contribution in [2.24, 2.45) is 0 Å². The molecule has 4 aromatic rings. The number of likely N-dealkylation sites (tertiary alicyclic amines) is 1. The quantitative estimate of drug-likeness (QED) is 0.239. The highest BCUT2D eigenvalue weighted by Gasteiger charge is 2.58. The van der Waals surface area contributed by atoms with E-state index < -0.39 is 44.2 Å². The second-order valence-corrected chi connectivity index (χ2v) is 13.2. The first-order valence-electron chi connectivity index (χ1n) is 13.6. The van der Waals surface area contributed by atoms with E-state index in [1.165, 1.54) is 33.9 Å². The molecule has 226 valence electrons. The van der Waals surface area contributed by atoms with Crippen LogP contribution in [-0.2, 0) is 22.0 Å². The fourth-order valence-corrected chi connectivity index (χ4v) is 8.03. The smallest absolute Gasteiger partial charge is 0.422 e. The van der Waals surface area contributed by atoms with Gasteiger partial charge in [0.2, 0.25) is 5.60 Å². The Hall–Kier alpha value is -3.94. The molecule has 1 saturated heterocycles. The summed E-state index contributed by atoms with van der Waals surface area (Å²) in [5, 5.41) is 23.0. The molecule has 6 rings (SSSR count). The number of sulfone groups is 1.